The van der Waals surface area contributed by atoms with Gasteiger partial charge in [-0.1, -0.05) is 18.2 Å². The molecule has 130 valence electrons. The van der Waals surface area contributed by atoms with Crippen molar-refractivity contribution in [3.8, 4) is 5.75 Å². The highest BCUT2D eigenvalue weighted by molar-refractivity contribution is 7.90. The SMILES string of the molecule is O=C(NS(=O)(=O)c1ccccc1[N+](=O)[O-])Oc1cccc([N+](=O)[O-])c1. The van der Waals surface area contributed by atoms with Crippen molar-refractivity contribution >= 4 is 27.5 Å². The van der Waals surface area contributed by atoms with E-state index in [9.17, 15) is 33.4 Å². The minimum Gasteiger partial charge on any atom is -0.409 e. The summed E-state index contributed by atoms with van der Waals surface area (Å²) in [4.78, 5) is 30.9. The van der Waals surface area contributed by atoms with Crippen molar-refractivity contribution in [3.63, 3.8) is 0 Å². The Labute approximate surface area is 140 Å². The van der Waals surface area contributed by atoms with Gasteiger partial charge in [-0.3, -0.25) is 20.2 Å². The van der Waals surface area contributed by atoms with Crippen molar-refractivity contribution in [3.05, 3.63) is 68.8 Å². The van der Waals surface area contributed by atoms with Crippen LogP contribution in [0.15, 0.2) is 53.4 Å². The fraction of sp³-hybridized carbons (Fsp3) is 0. The van der Waals surface area contributed by atoms with Gasteiger partial charge in [-0.25, -0.2) is 17.9 Å². The van der Waals surface area contributed by atoms with E-state index in [1.807, 2.05) is 0 Å². The minimum atomic E-state index is -4.58. The summed E-state index contributed by atoms with van der Waals surface area (Å²) in [5, 5.41) is 21.5. The highest BCUT2D eigenvalue weighted by atomic mass is 32.2. The molecule has 1 amide bonds. The smallest absolute Gasteiger partial charge is 0.409 e. The summed E-state index contributed by atoms with van der Waals surface area (Å²) in [5.41, 5.74) is -1.09. The Kier molecular flexibility index (Phi) is 4.93. The molecule has 0 radical (unpaired) electrons. The van der Waals surface area contributed by atoms with Gasteiger partial charge in [0.1, 0.15) is 5.75 Å². The normalized spacial score (nSPS) is 10.7. The highest BCUT2D eigenvalue weighted by Gasteiger charge is 2.27. The van der Waals surface area contributed by atoms with Gasteiger partial charge in [-0.15, -0.1) is 0 Å². The van der Waals surface area contributed by atoms with Crippen molar-refractivity contribution in [2.45, 2.75) is 4.90 Å². The number of hydrogen-bond donors (Lipinski definition) is 1. The van der Waals surface area contributed by atoms with E-state index in [0.29, 0.717) is 0 Å². The quantitative estimate of drug-likeness (QED) is 0.620. The number of nitro groups is 2. The molecule has 2 aromatic carbocycles. The standard InChI is InChI=1S/C13H9N3O8S/c17-13(24-10-5-3-4-9(8-10)15(18)19)14-25(22,23)12-7-2-1-6-11(12)16(20)21/h1-8H,(H,14,17). The second-order valence-electron chi connectivity index (χ2n) is 4.47. The summed E-state index contributed by atoms with van der Waals surface area (Å²) in [6.07, 6.45) is -1.47. The van der Waals surface area contributed by atoms with Crippen LogP contribution in [0.3, 0.4) is 0 Å². The van der Waals surface area contributed by atoms with Crippen molar-refractivity contribution in [1.29, 1.82) is 0 Å². The van der Waals surface area contributed by atoms with Crippen LogP contribution < -0.4 is 9.46 Å². The zero-order valence-electron chi connectivity index (χ0n) is 12.2. The van der Waals surface area contributed by atoms with Gasteiger partial charge in [-0.2, -0.15) is 0 Å². The Hall–Kier alpha value is -3.54. The molecule has 1 N–H and O–H groups in total. The zero-order valence-corrected chi connectivity index (χ0v) is 13.0. The van der Waals surface area contributed by atoms with Crippen LogP contribution in [-0.4, -0.2) is 24.4 Å². The summed E-state index contributed by atoms with van der Waals surface area (Å²) in [5.74, 6) is -0.274. The monoisotopic (exact) mass is 367 g/mol. The predicted molar refractivity (Wildman–Crippen MR) is 82.5 cm³/mol. The van der Waals surface area contributed by atoms with Crippen molar-refractivity contribution in [2.24, 2.45) is 0 Å². The van der Waals surface area contributed by atoms with Crippen molar-refractivity contribution in [2.75, 3.05) is 0 Å². The number of hydrogen-bond acceptors (Lipinski definition) is 8. The zero-order chi connectivity index (χ0) is 18.6. The fourth-order valence-electron chi connectivity index (χ4n) is 1.79. The Morgan fingerprint density at radius 2 is 1.68 bits per heavy atom. The Bertz CT molecular complexity index is 957. The van der Waals surface area contributed by atoms with Gasteiger partial charge in [0, 0.05) is 12.1 Å². The number of ether oxygens (including phenoxy) is 1. The molecule has 0 aliphatic rings. The lowest BCUT2D eigenvalue weighted by Crippen LogP contribution is -2.33. The molecule has 0 atom stereocenters. The van der Waals surface area contributed by atoms with E-state index in [2.05, 4.69) is 4.74 Å². The molecule has 0 fully saturated rings. The van der Waals surface area contributed by atoms with Crippen LogP contribution in [0.2, 0.25) is 0 Å². The molecule has 0 saturated heterocycles. The summed E-state index contributed by atoms with van der Waals surface area (Å²) in [6, 6.07) is 8.90. The number of amides is 1. The number of carbonyl (C=O) groups is 1. The molecule has 0 aromatic heterocycles. The fourth-order valence-corrected chi connectivity index (χ4v) is 2.84. The van der Waals surface area contributed by atoms with Crippen molar-refractivity contribution in [1.82, 2.24) is 4.72 Å². The lowest BCUT2D eigenvalue weighted by atomic mass is 10.3. The number of non-ortho nitro benzene ring substituents is 1. The maximum absolute atomic E-state index is 12.1. The topological polar surface area (TPSA) is 159 Å². The maximum atomic E-state index is 12.1. The predicted octanol–water partition coefficient (Wildman–Crippen LogP) is 1.98. The molecule has 0 spiro atoms. The molecular weight excluding hydrogens is 358 g/mol. The number of nitro benzene ring substituents is 2. The second-order valence-corrected chi connectivity index (χ2v) is 6.13. The average Bonchev–Trinajstić information content (AvgIpc) is 2.54. The molecule has 0 unspecified atom stereocenters. The Morgan fingerprint density at radius 3 is 2.32 bits per heavy atom. The molecule has 0 saturated carbocycles. The largest absolute Gasteiger partial charge is 0.426 e. The molecule has 12 heteroatoms. The third-order valence-electron chi connectivity index (χ3n) is 2.81. The van der Waals surface area contributed by atoms with E-state index < -0.39 is 36.5 Å². The lowest BCUT2D eigenvalue weighted by Gasteiger charge is -2.08. The van der Waals surface area contributed by atoms with Crippen LogP contribution in [-0.2, 0) is 10.0 Å². The molecule has 0 bridgehead atoms. The molecular formula is C13H9N3O8S. The van der Waals surface area contributed by atoms with E-state index >= 15 is 0 Å². The van der Waals surface area contributed by atoms with Gasteiger partial charge in [0.25, 0.3) is 21.4 Å². The van der Waals surface area contributed by atoms with Crippen LogP contribution >= 0.6 is 0 Å². The first-order valence-corrected chi connectivity index (χ1v) is 7.91. The summed E-state index contributed by atoms with van der Waals surface area (Å²) >= 11 is 0. The van der Waals surface area contributed by atoms with Crippen LogP contribution in [0.25, 0.3) is 0 Å². The Morgan fingerprint density at radius 1 is 1.00 bits per heavy atom. The molecule has 0 aliphatic heterocycles. The number of para-hydroxylation sites is 1. The van der Waals surface area contributed by atoms with Gasteiger partial charge in [-0.05, 0) is 12.1 Å². The van der Waals surface area contributed by atoms with E-state index in [4.69, 9.17) is 0 Å². The summed E-state index contributed by atoms with van der Waals surface area (Å²) in [6.45, 7) is 0. The van der Waals surface area contributed by atoms with Gasteiger partial charge in [0.15, 0.2) is 4.90 Å². The first-order valence-electron chi connectivity index (χ1n) is 6.43. The highest BCUT2D eigenvalue weighted by Crippen LogP contribution is 2.23. The van der Waals surface area contributed by atoms with Crippen LogP contribution in [0, 0.1) is 20.2 Å². The van der Waals surface area contributed by atoms with Gasteiger partial charge in [0.05, 0.1) is 15.9 Å². The van der Waals surface area contributed by atoms with Crippen LogP contribution in [0.1, 0.15) is 0 Å². The lowest BCUT2D eigenvalue weighted by molar-refractivity contribution is -0.387. The van der Waals surface area contributed by atoms with Gasteiger partial charge >= 0.3 is 6.09 Å². The summed E-state index contributed by atoms with van der Waals surface area (Å²) in [7, 11) is -4.58. The number of carbonyl (C=O) groups excluding carboxylic acids is 1. The maximum Gasteiger partial charge on any atom is 0.426 e. The van der Waals surface area contributed by atoms with Gasteiger partial charge in [0.2, 0.25) is 0 Å². The van der Waals surface area contributed by atoms with Crippen LogP contribution in [0.5, 0.6) is 5.75 Å². The first kappa shape index (κ1) is 17.8. The molecule has 0 heterocycles. The molecule has 2 aromatic rings. The molecule has 25 heavy (non-hydrogen) atoms. The second kappa shape index (κ2) is 6.92. The van der Waals surface area contributed by atoms with Crippen LogP contribution in [0.4, 0.5) is 16.2 Å². The molecule has 0 aliphatic carbocycles. The average molecular weight is 367 g/mol. The number of nitrogens with one attached hydrogen (secondary N) is 1. The number of rotatable bonds is 5. The van der Waals surface area contributed by atoms with Gasteiger partial charge < -0.3 is 4.74 Å². The number of sulfonamides is 1. The molecule has 2 rings (SSSR count). The van der Waals surface area contributed by atoms with E-state index in [1.165, 1.54) is 29.0 Å². The van der Waals surface area contributed by atoms with E-state index in [0.717, 1.165) is 24.3 Å². The first-order chi connectivity index (χ1) is 11.7. The minimum absolute atomic E-state index is 0.274. The van der Waals surface area contributed by atoms with E-state index in [1.54, 1.807) is 0 Å². The van der Waals surface area contributed by atoms with Crippen molar-refractivity contribution < 1.29 is 27.8 Å². The summed E-state index contributed by atoms with van der Waals surface area (Å²) < 4.78 is 30.4. The Balaban J connectivity index is 2.21. The number of benzene rings is 2. The molecule has 11 nitrogen and oxygen atoms in total. The number of nitrogens with zero attached hydrogens (tertiary/aromatic N) is 2. The third kappa shape index (κ3) is 4.26. The third-order valence-corrected chi connectivity index (χ3v) is 4.17. The van der Waals surface area contributed by atoms with E-state index in [-0.39, 0.29) is 11.4 Å².